The number of carbonyl (C=O) groups is 1. The summed E-state index contributed by atoms with van der Waals surface area (Å²) >= 11 is 0. The van der Waals surface area contributed by atoms with Gasteiger partial charge in [-0.1, -0.05) is 57.6 Å². The van der Waals surface area contributed by atoms with Gasteiger partial charge in [0, 0.05) is 16.7 Å². The van der Waals surface area contributed by atoms with Crippen LogP contribution in [-0.2, 0) is 28.5 Å². The fourth-order valence-electron chi connectivity index (χ4n) is 9.77. The molecule has 0 bridgehead atoms. The molecule has 2 heterocycles. The van der Waals surface area contributed by atoms with E-state index in [1.807, 2.05) is 13.8 Å². The van der Waals surface area contributed by atoms with E-state index in [0.29, 0.717) is 13.0 Å². The summed E-state index contributed by atoms with van der Waals surface area (Å²) < 4.78 is 31.5. The number of rotatable bonds is 9. The zero-order valence-corrected chi connectivity index (χ0v) is 26.3. The van der Waals surface area contributed by atoms with Gasteiger partial charge in [-0.05, 0) is 82.6 Å². The lowest BCUT2D eigenvalue weighted by Crippen LogP contribution is -2.63. The highest BCUT2D eigenvalue weighted by atomic mass is 16.7. The molecule has 0 spiro atoms. The average Bonchev–Trinajstić information content (AvgIpc) is 3.43. The van der Waals surface area contributed by atoms with Crippen molar-refractivity contribution in [1.29, 1.82) is 0 Å². The van der Waals surface area contributed by atoms with Crippen molar-refractivity contribution in [2.45, 2.75) is 135 Å². The molecule has 7 heteroatoms. The van der Waals surface area contributed by atoms with Crippen molar-refractivity contribution >= 4 is 5.78 Å². The van der Waals surface area contributed by atoms with Crippen LogP contribution < -0.4 is 0 Å². The zero-order chi connectivity index (χ0) is 29.9. The molecule has 234 valence electrons. The molecule has 0 aromatic heterocycles. The van der Waals surface area contributed by atoms with Gasteiger partial charge in [-0.2, -0.15) is 0 Å². The van der Waals surface area contributed by atoms with Crippen LogP contribution in [0, 0.1) is 28.6 Å². The van der Waals surface area contributed by atoms with Crippen LogP contribution in [0.25, 0.3) is 0 Å². The van der Waals surface area contributed by atoms with E-state index in [2.05, 4.69) is 45.6 Å². The number of Topliss-reactive ketones (excluding diaryl/α,β-unsaturated/α-hetero) is 1. The number of allylic oxidation sites excluding steroid dienone is 5. The van der Waals surface area contributed by atoms with E-state index < -0.39 is 29.7 Å². The van der Waals surface area contributed by atoms with Gasteiger partial charge in [0.15, 0.2) is 24.0 Å². The van der Waals surface area contributed by atoms with Gasteiger partial charge in [0.05, 0.1) is 31.0 Å². The van der Waals surface area contributed by atoms with Crippen LogP contribution >= 0.6 is 0 Å². The Bertz CT molecular complexity index is 1110. The summed E-state index contributed by atoms with van der Waals surface area (Å²) in [5, 5.41) is 12.0. The third-order valence-corrected chi connectivity index (χ3v) is 11.6. The molecule has 2 saturated heterocycles. The van der Waals surface area contributed by atoms with Crippen molar-refractivity contribution in [3.63, 3.8) is 0 Å². The lowest BCUT2D eigenvalue weighted by Gasteiger charge is -2.60. The molecule has 2 aliphatic heterocycles. The van der Waals surface area contributed by atoms with Gasteiger partial charge in [-0.25, -0.2) is 0 Å². The highest BCUT2D eigenvalue weighted by Crippen LogP contribution is 2.69. The predicted octanol–water partition coefficient (Wildman–Crippen LogP) is 6.05. The number of carbonyl (C=O) groups excluding carboxylic acids is 1. The Labute approximate surface area is 252 Å². The maximum atomic E-state index is 14.5. The maximum Gasteiger partial charge on any atom is 0.193 e. The molecular weight excluding hydrogens is 532 g/mol. The van der Waals surface area contributed by atoms with E-state index in [4.69, 9.17) is 23.7 Å². The van der Waals surface area contributed by atoms with Crippen molar-refractivity contribution in [2.24, 2.45) is 28.6 Å². The SMILES string of the molecule is C=C1C=C[C@@]2(C)C(=C1)CC[C@@H]1[C@@H]2[C@@H](O)C[C@@]2(C)[C@H]1C[C@H]1OC(CCC)O[C@]12C(=O)COC1CCCC(COC(C)C)O1. The number of aliphatic hydroxyl groups excluding tert-OH is 1. The first-order valence-corrected chi connectivity index (χ1v) is 16.5. The van der Waals surface area contributed by atoms with Crippen LogP contribution in [-0.4, -0.2) is 66.7 Å². The van der Waals surface area contributed by atoms with Crippen LogP contribution in [0.5, 0.6) is 0 Å². The fraction of sp³-hybridized carbons (Fsp3) is 0.800. The molecular formula is C35H52O7. The quantitative estimate of drug-likeness (QED) is 0.353. The van der Waals surface area contributed by atoms with Crippen molar-refractivity contribution in [1.82, 2.24) is 0 Å². The molecule has 6 aliphatic rings. The number of hydrogen-bond acceptors (Lipinski definition) is 7. The van der Waals surface area contributed by atoms with Crippen LogP contribution in [0.2, 0.25) is 0 Å². The molecule has 6 rings (SSSR count). The third-order valence-electron chi connectivity index (χ3n) is 11.6. The molecule has 11 atom stereocenters. The minimum atomic E-state index is -1.13. The minimum absolute atomic E-state index is 0.0245. The Hall–Kier alpha value is -1.35. The Balaban J connectivity index is 1.24. The summed E-state index contributed by atoms with van der Waals surface area (Å²) in [5.74, 6) is 0.507. The van der Waals surface area contributed by atoms with E-state index in [1.54, 1.807) is 0 Å². The van der Waals surface area contributed by atoms with Gasteiger partial charge in [0.2, 0.25) is 0 Å². The van der Waals surface area contributed by atoms with Crippen molar-refractivity contribution in [2.75, 3.05) is 13.2 Å². The Morgan fingerprint density at radius 1 is 1.21 bits per heavy atom. The van der Waals surface area contributed by atoms with Crippen LogP contribution in [0.4, 0.5) is 0 Å². The molecule has 0 radical (unpaired) electrons. The number of hydrogen-bond donors (Lipinski definition) is 1. The van der Waals surface area contributed by atoms with E-state index in [0.717, 1.165) is 56.9 Å². The van der Waals surface area contributed by atoms with Gasteiger partial charge < -0.3 is 28.8 Å². The van der Waals surface area contributed by atoms with Gasteiger partial charge in [0.25, 0.3) is 0 Å². The Kier molecular flexibility index (Phi) is 8.42. The molecule has 0 amide bonds. The number of ether oxygens (including phenoxy) is 5. The van der Waals surface area contributed by atoms with E-state index in [1.165, 1.54) is 5.57 Å². The van der Waals surface area contributed by atoms with Gasteiger partial charge in [0.1, 0.15) is 6.61 Å². The maximum absolute atomic E-state index is 14.5. The molecule has 3 saturated carbocycles. The minimum Gasteiger partial charge on any atom is -0.393 e. The first-order chi connectivity index (χ1) is 20.0. The lowest BCUT2D eigenvalue weighted by atomic mass is 9.46. The Morgan fingerprint density at radius 2 is 2.02 bits per heavy atom. The highest BCUT2D eigenvalue weighted by molar-refractivity contribution is 5.91. The summed E-state index contributed by atoms with van der Waals surface area (Å²) in [5.41, 5.74) is 0.508. The molecule has 4 aliphatic carbocycles. The van der Waals surface area contributed by atoms with Crippen LogP contribution in [0.1, 0.15) is 92.4 Å². The summed E-state index contributed by atoms with van der Waals surface area (Å²) in [7, 11) is 0. The second-order valence-corrected chi connectivity index (χ2v) is 14.6. The molecule has 7 nitrogen and oxygen atoms in total. The molecule has 0 aromatic rings. The number of fused-ring (bicyclic) bond motifs is 7. The van der Waals surface area contributed by atoms with E-state index in [9.17, 15) is 9.90 Å². The fourth-order valence-corrected chi connectivity index (χ4v) is 9.77. The van der Waals surface area contributed by atoms with Crippen molar-refractivity contribution in [3.05, 3.63) is 36.0 Å². The normalized spacial score (nSPS) is 46.2. The average molecular weight is 585 g/mol. The summed E-state index contributed by atoms with van der Waals surface area (Å²) in [4.78, 5) is 14.5. The van der Waals surface area contributed by atoms with E-state index in [-0.39, 0.29) is 53.9 Å². The summed E-state index contributed by atoms with van der Waals surface area (Å²) in [6.45, 7) is 15.2. The lowest BCUT2D eigenvalue weighted by molar-refractivity contribution is -0.221. The number of aliphatic hydroxyl groups is 1. The predicted molar refractivity (Wildman–Crippen MR) is 159 cm³/mol. The first-order valence-electron chi connectivity index (χ1n) is 16.5. The highest BCUT2D eigenvalue weighted by Gasteiger charge is 2.75. The van der Waals surface area contributed by atoms with E-state index >= 15 is 0 Å². The zero-order valence-electron chi connectivity index (χ0n) is 26.3. The molecule has 1 N–H and O–H groups in total. The number of ketones is 1. The van der Waals surface area contributed by atoms with Crippen molar-refractivity contribution < 1.29 is 33.6 Å². The van der Waals surface area contributed by atoms with Crippen LogP contribution in [0.3, 0.4) is 0 Å². The summed E-state index contributed by atoms with van der Waals surface area (Å²) in [6, 6.07) is 0. The third kappa shape index (κ3) is 4.91. The molecule has 42 heavy (non-hydrogen) atoms. The smallest absolute Gasteiger partial charge is 0.193 e. The van der Waals surface area contributed by atoms with Gasteiger partial charge >= 0.3 is 0 Å². The largest absolute Gasteiger partial charge is 0.393 e. The van der Waals surface area contributed by atoms with Crippen molar-refractivity contribution in [3.8, 4) is 0 Å². The standard InChI is InChI=1S/C35H52O7/c1-7-9-31-41-29-17-26-25-13-12-23-16-22(4)14-15-33(23,5)32(25)27(36)18-34(26,6)35(29,42-31)28(37)20-39-30-11-8-10-24(40-30)19-38-21(2)3/h14-16,21,24-27,29-32,36H,4,7-13,17-20H2,1-3,5-6H3/t24?,25-,26-,27-,29+,30?,31?,32+,33-,34-,35+/m0/s1. The first kappa shape index (κ1) is 30.7. The van der Waals surface area contributed by atoms with Crippen LogP contribution in [0.15, 0.2) is 36.0 Å². The monoisotopic (exact) mass is 584 g/mol. The molecule has 5 fully saturated rings. The Morgan fingerprint density at radius 3 is 2.79 bits per heavy atom. The second-order valence-electron chi connectivity index (χ2n) is 14.6. The second kappa shape index (κ2) is 11.5. The molecule has 3 unspecified atom stereocenters. The molecule has 0 aromatic carbocycles. The summed E-state index contributed by atoms with van der Waals surface area (Å²) in [6.07, 6.45) is 12.6. The van der Waals surface area contributed by atoms with Gasteiger partial charge in [-0.15, -0.1) is 0 Å². The topological polar surface area (TPSA) is 83.5 Å². The van der Waals surface area contributed by atoms with Gasteiger partial charge in [-0.3, -0.25) is 4.79 Å².